The maximum atomic E-state index is 12.2. The lowest BCUT2D eigenvalue weighted by Crippen LogP contribution is -2.23. The van der Waals surface area contributed by atoms with Crippen molar-refractivity contribution in [1.82, 2.24) is 0 Å². The Morgan fingerprint density at radius 1 is 1.11 bits per heavy atom. The summed E-state index contributed by atoms with van der Waals surface area (Å²) >= 11 is 5.58. The summed E-state index contributed by atoms with van der Waals surface area (Å²) in [4.78, 5) is 12.2. The quantitative estimate of drug-likeness (QED) is 0.519. The molecule has 0 bridgehead atoms. The summed E-state index contributed by atoms with van der Waals surface area (Å²) in [6.07, 6.45) is -0.499. The van der Waals surface area contributed by atoms with Gasteiger partial charge in [-0.25, -0.2) is 0 Å². The Bertz CT molecular complexity index is 564. The van der Waals surface area contributed by atoms with Crippen molar-refractivity contribution in [3.8, 4) is 5.75 Å². The lowest BCUT2D eigenvalue weighted by molar-refractivity contribution is 0.0818. The molecule has 1 atom stereocenters. The molecule has 0 aliphatic heterocycles. The normalized spacial score (nSPS) is 11.9. The van der Waals surface area contributed by atoms with Crippen LogP contribution in [0.4, 0.5) is 0 Å². The van der Waals surface area contributed by atoms with Crippen LogP contribution in [0.2, 0.25) is 0 Å². The fourth-order valence-corrected chi connectivity index (χ4v) is 2.24. The second kappa shape index (κ2) is 6.52. The Hall–Kier alpha value is -0.880. The summed E-state index contributed by atoms with van der Waals surface area (Å²) in [5.41, 5.74) is 0.654. The van der Waals surface area contributed by atoms with Gasteiger partial charge >= 0.3 is 0 Å². The predicted molar refractivity (Wildman–Crippen MR) is 87.7 cm³/mol. The molecule has 2 aromatic carbocycles. The predicted octanol–water partition coefficient (Wildman–Crippen LogP) is 4.70. The van der Waals surface area contributed by atoms with Crippen LogP contribution in [0.15, 0.2) is 53.0 Å². The molecule has 0 unspecified atom stereocenters. The number of carbonyl (C=O) groups excluding carboxylic acids is 1. The van der Waals surface area contributed by atoms with Gasteiger partial charge in [0, 0.05) is 13.6 Å². The fourth-order valence-electron chi connectivity index (χ4n) is 1.62. The summed E-state index contributed by atoms with van der Waals surface area (Å²) in [6.45, 7) is 1.77. The molecule has 0 spiro atoms. The van der Waals surface area contributed by atoms with Crippen LogP contribution in [-0.2, 0) is 0 Å². The van der Waals surface area contributed by atoms with Crippen molar-refractivity contribution < 1.29 is 9.53 Å². The molecule has 2 nitrogen and oxygen atoms in total. The van der Waals surface area contributed by atoms with E-state index in [1.54, 1.807) is 19.1 Å². The van der Waals surface area contributed by atoms with E-state index in [9.17, 15) is 4.79 Å². The van der Waals surface area contributed by atoms with Gasteiger partial charge in [-0.05, 0) is 65.9 Å². The molecule has 0 saturated heterocycles. The molecular formula is C15H12BrIO2. The third kappa shape index (κ3) is 4.04. The minimum atomic E-state index is -0.499. The highest BCUT2D eigenvalue weighted by molar-refractivity contribution is 14.1. The molecule has 0 saturated carbocycles. The van der Waals surface area contributed by atoms with Crippen molar-refractivity contribution in [1.29, 1.82) is 0 Å². The number of halogens is 2. The minimum Gasteiger partial charge on any atom is -0.483 e. The maximum Gasteiger partial charge on any atom is 0.202 e. The third-order valence-corrected chi connectivity index (χ3v) is 3.87. The first-order chi connectivity index (χ1) is 9.06. The first-order valence-electron chi connectivity index (χ1n) is 5.78. The number of carbonyl (C=O) groups is 1. The monoisotopic (exact) mass is 430 g/mol. The van der Waals surface area contributed by atoms with Gasteiger partial charge in [-0.3, -0.25) is 4.79 Å². The summed E-state index contributed by atoms with van der Waals surface area (Å²) in [5, 5.41) is 0. The van der Waals surface area contributed by atoms with E-state index in [0.717, 1.165) is 8.04 Å². The third-order valence-electron chi connectivity index (χ3n) is 2.62. The molecule has 0 radical (unpaired) electrons. The van der Waals surface area contributed by atoms with Crippen molar-refractivity contribution in [3.63, 3.8) is 0 Å². The first kappa shape index (κ1) is 14.5. The molecule has 0 aromatic heterocycles. The van der Waals surface area contributed by atoms with E-state index in [0.29, 0.717) is 11.3 Å². The van der Waals surface area contributed by atoms with Crippen LogP contribution in [0.1, 0.15) is 17.3 Å². The van der Waals surface area contributed by atoms with Crippen molar-refractivity contribution in [2.24, 2.45) is 0 Å². The highest BCUT2D eigenvalue weighted by Crippen LogP contribution is 2.17. The number of hydrogen-bond donors (Lipinski definition) is 0. The van der Waals surface area contributed by atoms with Gasteiger partial charge in [-0.2, -0.15) is 0 Å². The zero-order valence-electron chi connectivity index (χ0n) is 10.3. The molecule has 0 aliphatic carbocycles. The lowest BCUT2D eigenvalue weighted by Gasteiger charge is -2.13. The second-order valence-electron chi connectivity index (χ2n) is 4.09. The Morgan fingerprint density at radius 3 is 2.26 bits per heavy atom. The SMILES string of the molecule is C[C@@H](Oc1ccc(I)cc1)C(=O)c1ccc(Br)cc1. The van der Waals surface area contributed by atoms with Crippen LogP contribution in [0.5, 0.6) is 5.75 Å². The molecule has 0 amide bonds. The smallest absolute Gasteiger partial charge is 0.202 e. The largest absolute Gasteiger partial charge is 0.483 e. The molecular weight excluding hydrogens is 419 g/mol. The van der Waals surface area contributed by atoms with Crippen molar-refractivity contribution >= 4 is 44.3 Å². The molecule has 0 aliphatic rings. The molecule has 4 heteroatoms. The van der Waals surface area contributed by atoms with Crippen LogP contribution < -0.4 is 4.74 Å². The van der Waals surface area contributed by atoms with Crippen LogP contribution in [0.3, 0.4) is 0 Å². The number of rotatable bonds is 4. The molecule has 2 rings (SSSR count). The van der Waals surface area contributed by atoms with Crippen LogP contribution in [-0.4, -0.2) is 11.9 Å². The van der Waals surface area contributed by atoms with Crippen molar-refractivity contribution in [2.45, 2.75) is 13.0 Å². The minimum absolute atomic E-state index is 0.0222. The van der Waals surface area contributed by atoms with Gasteiger partial charge in [0.25, 0.3) is 0 Å². The van der Waals surface area contributed by atoms with Gasteiger partial charge in [0.1, 0.15) is 5.75 Å². The number of benzene rings is 2. The maximum absolute atomic E-state index is 12.2. The zero-order valence-corrected chi connectivity index (χ0v) is 14.0. The Morgan fingerprint density at radius 2 is 1.68 bits per heavy atom. The Labute approximate surface area is 134 Å². The van der Waals surface area contributed by atoms with Crippen LogP contribution in [0.25, 0.3) is 0 Å². The van der Waals surface area contributed by atoms with Gasteiger partial charge in [0.05, 0.1) is 0 Å². The number of Topliss-reactive ketones (excluding diaryl/α,β-unsaturated/α-hetero) is 1. The van der Waals surface area contributed by atoms with Gasteiger partial charge in [0.15, 0.2) is 6.10 Å². The van der Waals surface area contributed by atoms with E-state index >= 15 is 0 Å². The van der Waals surface area contributed by atoms with Gasteiger partial charge in [0.2, 0.25) is 5.78 Å². The summed E-state index contributed by atoms with van der Waals surface area (Å²) in [7, 11) is 0. The Kier molecular flexibility index (Phi) is 4.99. The standard InChI is InChI=1S/C15H12BrIO2/c1-10(19-14-8-6-13(17)7-9-14)15(18)11-2-4-12(16)5-3-11/h2-10H,1H3/t10-/m1/s1. The van der Waals surface area contributed by atoms with Crippen LogP contribution in [0, 0.1) is 3.57 Å². The highest BCUT2D eigenvalue weighted by atomic mass is 127. The Balaban J connectivity index is 2.07. The number of ketones is 1. The van der Waals surface area contributed by atoms with E-state index in [1.807, 2.05) is 36.4 Å². The van der Waals surface area contributed by atoms with Crippen molar-refractivity contribution in [2.75, 3.05) is 0 Å². The van der Waals surface area contributed by atoms with Gasteiger partial charge in [-0.15, -0.1) is 0 Å². The topological polar surface area (TPSA) is 26.3 Å². The number of ether oxygens (including phenoxy) is 1. The van der Waals surface area contributed by atoms with Gasteiger partial charge < -0.3 is 4.74 Å². The average molecular weight is 431 g/mol. The molecule has 0 N–H and O–H groups in total. The summed E-state index contributed by atoms with van der Waals surface area (Å²) in [5.74, 6) is 0.685. The molecule has 0 fully saturated rings. The summed E-state index contributed by atoms with van der Waals surface area (Å²) < 4.78 is 7.74. The lowest BCUT2D eigenvalue weighted by atomic mass is 10.1. The molecule has 19 heavy (non-hydrogen) atoms. The van der Waals surface area contributed by atoms with E-state index in [1.165, 1.54) is 0 Å². The van der Waals surface area contributed by atoms with E-state index in [-0.39, 0.29) is 5.78 Å². The van der Waals surface area contributed by atoms with E-state index in [2.05, 4.69) is 38.5 Å². The van der Waals surface area contributed by atoms with Gasteiger partial charge in [-0.1, -0.05) is 28.1 Å². The van der Waals surface area contributed by atoms with Crippen LogP contribution >= 0.6 is 38.5 Å². The molecule has 2 aromatic rings. The number of hydrogen-bond acceptors (Lipinski definition) is 2. The fraction of sp³-hybridized carbons (Fsp3) is 0.133. The summed E-state index contributed by atoms with van der Waals surface area (Å²) in [6, 6.07) is 14.9. The highest BCUT2D eigenvalue weighted by Gasteiger charge is 2.16. The zero-order chi connectivity index (χ0) is 13.8. The van der Waals surface area contributed by atoms with E-state index < -0.39 is 6.10 Å². The molecule has 0 heterocycles. The second-order valence-corrected chi connectivity index (χ2v) is 6.25. The van der Waals surface area contributed by atoms with Crippen molar-refractivity contribution in [3.05, 3.63) is 62.1 Å². The average Bonchev–Trinajstić information content (AvgIpc) is 2.41. The molecule has 98 valence electrons. The first-order valence-corrected chi connectivity index (χ1v) is 7.65. The van der Waals surface area contributed by atoms with E-state index in [4.69, 9.17) is 4.74 Å².